The smallest absolute Gasteiger partial charge is 0.410 e. The molecule has 3 rings (SSSR count). The summed E-state index contributed by atoms with van der Waals surface area (Å²) in [5, 5.41) is 11.2. The molecule has 0 radical (unpaired) electrons. The van der Waals surface area contributed by atoms with E-state index in [4.69, 9.17) is 27.9 Å². The van der Waals surface area contributed by atoms with E-state index < -0.39 is 5.60 Å². The van der Waals surface area contributed by atoms with Crippen LogP contribution in [0.1, 0.15) is 39.2 Å². The standard InChI is InChI=1S/C18H23Cl2NO3/c1-17(2,3)24-16(23)21-9-12-6-13(22)8-18(12,10-21)11-4-5-14(19)15(20)7-11/h4-5,7,12-13,22H,6,8-10H2,1-3H3/t12-,13?,18+/m1/s1. The molecule has 1 amide bonds. The maximum atomic E-state index is 12.5. The highest BCUT2D eigenvalue weighted by Crippen LogP contribution is 2.51. The number of carbonyl (C=O) groups is 1. The molecule has 0 bridgehead atoms. The second kappa shape index (κ2) is 6.08. The van der Waals surface area contributed by atoms with Gasteiger partial charge in [0.05, 0.1) is 16.1 Å². The maximum absolute atomic E-state index is 12.5. The van der Waals surface area contributed by atoms with Gasteiger partial charge in [-0.1, -0.05) is 29.3 Å². The fourth-order valence-corrected chi connectivity index (χ4v) is 4.35. The average molecular weight is 372 g/mol. The van der Waals surface area contributed by atoms with Crippen LogP contribution in [0.15, 0.2) is 18.2 Å². The summed E-state index contributed by atoms with van der Waals surface area (Å²) >= 11 is 12.2. The molecule has 132 valence electrons. The predicted molar refractivity (Wildman–Crippen MR) is 94.7 cm³/mol. The molecule has 1 heterocycles. The molecule has 1 N–H and O–H groups in total. The largest absolute Gasteiger partial charge is 0.444 e. The highest BCUT2D eigenvalue weighted by atomic mass is 35.5. The van der Waals surface area contributed by atoms with Crippen LogP contribution in [0.2, 0.25) is 10.0 Å². The first-order valence-electron chi connectivity index (χ1n) is 8.22. The van der Waals surface area contributed by atoms with Crippen LogP contribution in [0.4, 0.5) is 4.79 Å². The van der Waals surface area contributed by atoms with Crippen LogP contribution in [-0.2, 0) is 10.2 Å². The lowest BCUT2D eigenvalue weighted by atomic mass is 9.74. The minimum absolute atomic E-state index is 0.192. The van der Waals surface area contributed by atoms with Crippen molar-refractivity contribution in [2.75, 3.05) is 13.1 Å². The van der Waals surface area contributed by atoms with E-state index in [2.05, 4.69) is 0 Å². The van der Waals surface area contributed by atoms with Crippen LogP contribution in [0.5, 0.6) is 0 Å². The fourth-order valence-electron chi connectivity index (χ4n) is 4.05. The first-order valence-corrected chi connectivity index (χ1v) is 8.98. The molecule has 2 fully saturated rings. The van der Waals surface area contributed by atoms with Crippen molar-refractivity contribution in [2.24, 2.45) is 5.92 Å². The number of carbonyl (C=O) groups excluding carboxylic acids is 1. The summed E-state index contributed by atoms with van der Waals surface area (Å²) in [7, 11) is 0. The number of ether oxygens (including phenoxy) is 1. The number of rotatable bonds is 1. The number of nitrogens with zero attached hydrogens (tertiary/aromatic N) is 1. The third kappa shape index (κ3) is 3.24. The van der Waals surface area contributed by atoms with E-state index in [1.807, 2.05) is 32.9 Å². The van der Waals surface area contributed by atoms with Crippen molar-refractivity contribution in [3.63, 3.8) is 0 Å². The summed E-state index contributed by atoms with van der Waals surface area (Å²) < 4.78 is 5.51. The lowest BCUT2D eigenvalue weighted by molar-refractivity contribution is 0.0265. The second-order valence-corrected chi connectivity index (χ2v) is 8.75. The number of hydrogen-bond acceptors (Lipinski definition) is 3. The van der Waals surface area contributed by atoms with Gasteiger partial charge in [-0.2, -0.15) is 0 Å². The number of hydrogen-bond donors (Lipinski definition) is 1. The number of amides is 1. The van der Waals surface area contributed by atoms with Crippen LogP contribution in [0.3, 0.4) is 0 Å². The normalized spacial score (nSPS) is 29.7. The van der Waals surface area contributed by atoms with Crippen molar-refractivity contribution >= 4 is 29.3 Å². The van der Waals surface area contributed by atoms with Crippen molar-refractivity contribution in [3.8, 4) is 0 Å². The summed E-state index contributed by atoms with van der Waals surface area (Å²) in [5.41, 5.74) is 0.222. The van der Waals surface area contributed by atoms with Crippen LogP contribution < -0.4 is 0 Å². The zero-order valence-electron chi connectivity index (χ0n) is 14.2. The molecule has 1 aromatic rings. The summed E-state index contributed by atoms with van der Waals surface area (Å²) in [6, 6.07) is 5.61. The van der Waals surface area contributed by atoms with Gasteiger partial charge in [0.15, 0.2) is 0 Å². The lowest BCUT2D eigenvalue weighted by Gasteiger charge is -2.30. The molecule has 24 heavy (non-hydrogen) atoms. The summed E-state index contributed by atoms with van der Waals surface area (Å²) in [5.74, 6) is 0.192. The van der Waals surface area contributed by atoms with Gasteiger partial charge >= 0.3 is 6.09 Å². The fraction of sp³-hybridized carbons (Fsp3) is 0.611. The highest BCUT2D eigenvalue weighted by molar-refractivity contribution is 6.42. The van der Waals surface area contributed by atoms with Crippen molar-refractivity contribution < 1.29 is 14.6 Å². The van der Waals surface area contributed by atoms with Gasteiger partial charge in [0.1, 0.15) is 5.60 Å². The molecule has 1 saturated heterocycles. The van der Waals surface area contributed by atoms with E-state index in [0.29, 0.717) is 36.0 Å². The summed E-state index contributed by atoms with van der Waals surface area (Å²) in [6.45, 7) is 6.70. The molecular weight excluding hydrogens is 349 g/mol. The Bertz CT molecular complexity index is 658. The molecule has 3 atom stereocenters. The summed E-state index contributed by atoms with van der Waals surface area (Å²) in [6.07, 6.45) is 0.644. The number of benzene rings is 1. The molecule has 1 aliphatic carbocycles. The Morgan fingerprint density at radius 3 is 2.67 bits per heavy atom. The molecule has 1 aromatic carbocycles. The van der Waals surface area contributed by atoms with Crippen molar-refractivity contribution in [1.82, 2.24) is 4.90 Å². The van der Waals surface area contributed by atoms with E-state index in [9.17, 15) is 9.90 Å². The Hall–Kier alpha value is -0.970. The number of aliphatic hydroxyl groups excluding tert-OH is 1. The van der Waals surface area contributed by atoms with E-state index in [-0.39, 0.29) is 23.5 Å². The average Bonchev–Trinajstić information content (AvgIpc) is 2.93. The molecule has 0 aromatic heterocycles. The van der Waals surface area contributed by atoms with Gasteiger partial charge in [0.2, 0.25) is 0 Å². The second-order valence-electron chi connectivity index (χ2n) is 7.94. The quantitative estimate of drug-likeness (QED) is 0.802. The van der Waals surface area contributed by atoms with Crippen LogP contribution in [0, 0.1) is 5.92 Å². The Kier molecular flexibility index (Phi) is 4.52. The number of fused-ring (bicyclic) bond motifs is 1. The predicted octanol–water partition coefficient (Wildman–Crippen LogP) is 4.25. The Labute approximate surface area is 152 Å². The number of aliphatic hydroxyl groups is 1. The highest BCUT2D eigenvalue weighted by Gasteiger charge is 2.55. The number of likely N-dealkylation sites (tertiary alicyclic amines) is 1. The molecule has 1 unspecified atom stereocenters. The van der Waals surface area contributed by atoms with Crippen molar-refractivity contribution in [2.45, 2.75) is 50.7 Å². The van der Waals surface area contributed by atoms with Crippen molar-refractivity contribution in [3.05, 3.63) is 33.8 Å². The lowest BCUT2D eigenvalue weighted by Crippen LogP contribution is -2.38. The minimum atomic E-state index is -0.523. The number of halogens is 2. The monoisotopic (exact) mass is 371 g/mol. The zero-order valence-corrected chi connectivity index (χ0v) is 15.7. The summed E-state index contributed by atoms with van der Waals surface area (Å²) in [4.78, 5) is 14.2. The third-order valence-electron chi connectivity index (χ3n) is 5.00. The molecule has 1 saturated carbocycles. The van der Waals surface area contributed by atoms with E-state index in [1.165, 1.54) is 0 Å². The first kappa shape index (κ1) is 17.8. The van der Waals surface area contributed by atoms with Crippen LogP contribution in [0.25, 0.3) is 0 Å². The SMILES string of the molecule is CC(C)(C)OC(=O)N1C[C@H]2CC(O)C[C@@]2(c2ccc(Cl)c(Cl)c2)C1. The molecule has 4 nitrogen and oxygen atoms in total. The van der Waals surface area contributed by atoms with E-state index in [0.717, 1.165) is 5.56 Å². The topological polar surface area (TPSA) is 49.8 Å². The van der Waals surface area contributed by atoms with Gasteiger partial charge in [-0.3, -0.25) is 0 Å². The first-order chi connectivity index (χ1) is 11.1. The van der Waals surface area contributed by atoms with Crippen LogP contribution in [-0.4, -0.2) is 40.9 Å². The molecule has 1 aliphatic heterocycles. The van der Waals surface area contributed by atoms with E-state index in [1.54, 1.807) is 11.0 Å². The molecule has 6 heteroatoms. The van der Waals surface area contributed by atoms with Gasteiger partial charge < -0.3 is 14.7 Å². The minimum Gasteiger partial charge on any atom is -0.444 e. The van der Waals surface area contributed by atoms with Gasteiger partial charge in [-0.15, -0.1) is 0 Å². The van der Waals surface area contributed by atoms with Crippen molar-refractivity contribution in [1.29, 1.82) is 0 Å². The van der Waals surface area contributed by atoms with Gasteiger partial charge in [-0.25, -0.2) is 4.79 Å². The van der Waals surface area contributed by atoms with Gasteiger partial charge in [0.25, 0.3) is 0 Å². The Balaban J connectivity index is 1.89. The van der Waals surface area contributed by atoms with Gasteiger partial charge in [0, 0.05) is 18.5 Å². The third-order valence-corrected chi connectivity index (χ3v) is 5.74. The maximum Gasteiger partial charge on any atom is 0.410 e. The van der Waals surface area contributed by atoms with Crippen LogP contribution >= 0.6 is 23.2 Å². The van der Waals surface area contributed by atoms with E-state index >= 15 is 0 Å². The molecular formula is C18H23Cl2NO3. The van der Waals surface area contributed by atoms with Gasteiger partial charge in [-0.05, 0) is 57.2 Å². The zero-order chi connectivity index (χ0) is 17.7. The Morgan fingerprint density at radius 1 is 1.33 bits per heavy atom. The molecule has 2 aliphatic rings. The Morgan fingerprint density at radius 2 is 2.04 bits per heavy atom. The molecule has 0 spiro atoms.